The van der Waals surface area contributed by atoms with Crippen LogP contribution in [0, 0.1) is 0 Å². The van der Waals surface area contributed by atoms with Gasteiger partial charge in [-0.15, -0.1) is 0 Å². The van der Waals surface area contributed by atoms with Crippen molar-refractivity contribution in [3.05, 3.63) is 0 Å². The minimum absolute atomic E-state index is 0.0847. The topological polar surface area (TPSA) is 122 Å². The summed E-state index contributed by atoms with van der Waals surface area (Å²) in [7, 11) is 1.35. The first-order valence-corrected chi connectivity index (χ1v) is 9.75. The molecule has 0 aliphatic heterocycles. The first-order valence-electron chi connectivity index (χ1n) is 9.75. The van der Waals surface area contributed by atoms with Gasteiger partial charge in [0.1, 0.15) is 11.6 Å². The van der Waals surface area contributed by atoms with Crippen molar-refractivity contribution < 1.29 is 23.9 Å². The molecule has 0 aromatic heterocycles. The van der Waals surface area contributed by atoms with Gasteiger partial charge >= 0.3 is 5.97 Å². The summed E-state index contributed by atoms with van der Waals surface area (Å²) in [6.45, 7) is 7.34. The quantitative estimate of drug-likeness (QED) is 0.316. The second-order valence-electron chi connectivity index (χ2n) is 6.80. The zero-order valence-electron chi connectivity index (χ0n) is 17.5. The van der Waals surface area contributed by atoms with E-state index < -0.39 is 0 Å². The van der Waals surface area contributed by atoms with Gasteiger partial charge in [0.2, 0.25) is 5.91 Å². The van der Waals surface area contributed by atoms with Crippen LogP contribution in [0.4, 0.5) is 0 Å². The van der Waals surface area contributed by atoms with Gasteiger partial charge in [0.15, 0.2) is 0 Å². The summed E-state index contributed by atoms with van der Waals surface area (Å²) >= 11 is 0. The summed E-state index contributed by atoms with van der Waals surface area (Å²) in [6.07, 6.45) is 1.41. The highest BCUT2D eigenvalue weighted by atomic mass is 16.5. The van der Waals surface area contributed by atoms with Crippen LogP contribution in [0.25, 0.3) is 0 Å². The maximum absolute atomic E-state index is 11.8. The number of nitrogens with zero attached hydrogens (tertiary/aromatic N) is 2. The standard InChI is InChI=1S/C19H36N4O5/c1-16(24)4-10-22(11-5-17(2)25)14-15-23(13-7-19(27)28-3)12-6-18(26)21-9-8-20/h4-15,20H2,1-3H3,(H,21,26). The molecule has 0 aromatic carbocycles. The third-order valence-electron chi connectivity index (χ3n) is 4.27. The van der Waals surface area contributed by atoms with Gasteiger partial charge in [-0.3, -0.25) is 19.2 Å². The molecule has 0 aromatic rings. The summed E-state index contributed by atoms with van der Waals surface area (Å²) in [6, 6.07) is 0. The molecule has 1 amide bonds. The van der Waals surface area contributed by atoms with Gasteiger partial charge in [-0.2, -0.15) is 0 Å². The lowest BCUT2D eigenvalue weighted by molar-refractivity contribution is -0.141. The Kier molecular flexibility index (Phi) is 15.1. The SMILES string of the molecule is COC(=O)CCN(CCC(=O)NCCN)CCN(CCC(C)=O)CCC(C)=O. The van der Waals surface area contributed by atoms with Crippen LogP contribution in [0.3, 0.4) is 0 Å². The minimum Gasteiger partial charge on any atom is -0.469 e. The Balaban J connectivity index is 4.68. The van der Waals surface area contributed by atoms with E-state index in [0.717, 1.165) is 0 Å². The van der Waals surface area contributed by atoms with Gasteiger partial charge in [-0.05, 0) is 13.8 Å². The van der Waals surface area contributed by atoms with Gasteiger partial charge in [-0.25, -0.2) is 0 Å². The van der Waals surface area contributed by atoms with E-state index in [9.17, 15) is 19.2 Å². The van der Waals surface area contributed by atoms with Crippen molar-refractivity contribution in [3.8, 4) is 0 Å². The summed E-state index contributed by atoms with van der Waals surface area (Å²) in [4.78, 5) is 50.0. The fraction of sp³-hybridized carbons (Fsp3) is 0.789. The number of ketones is 2. The molecule has 0 fully saturated rings. The number of esters is 1. The summed E-state index contributed by atoms with van der Waals surface area (Å²) < 4.78 is 4.69. The Labute approximate surface area is 167 Å². The third-order valence-corrected chi connectivity index (χ3v) is 4.27. The third kappa shape index (κ3) is 15.2. The van der Waals surface area contributed by atoms with E-state index in [2.05, 4.69) is 10.2 Å². The van der Waals surface area contributed by atoms with Crippen LogP contribution < -0.4 is 11.1 Å². The predicted octanol–water partition coefficient (Wildman–Crippen LogP) is -0.423. The number of nitrogens with two attached hydrogens (primary N) is 1. The Morgan fingerprint density at radius 3 is 1.68 bits per heavy atom. The second-order valence-corrected chi connectivity index (χ2v) is 6.80. The number of methoxy groups -OCH3 is 1. The van der Waals surface area contributed by atoms with Crippen LogP contribution in [0.15, 0.2) is 0 Å². The fourth-order valence-corrected chi connectivity index (χ4v) is 2.50. The molecule has 9 heteroatoms. The highest BCUT2D eigenvalue weighted by Gasteiger charge is 2.14. The van der Waals surface area contributed by atoms with E-state index in [1.165, 1.54) is 7.11 Å². The Morgan fingerprint density at radius 2 is 1.25 bits per heavy atom. The van der Waals surface area contributed by atoms with Crippen molar-refractivity contribution in [3.63, 3.8) is 0 Å². The lowest BCUT2D eigenvalue weighted by atomic mass is 10.2. The molecule has 0 heterocycles. The molecule has 0 saturated heterocycles. The zero-order valence-corrected chi connectivity index (χ0v) is 17.5. The normalized spacial score (nSPS) is 10.9. The number of carbonyl (C=O) groups excluding carboxylic acids is 4. The molecule has 0 spiro atoms. The van der Waals surface area contributed by atoms with Crippen molar-refractivity contribution in [2.45, 2.75) is 39.5 Å². The van der Waals surface area contributed by atoms with E-state index >= 15 is 0 Å². The molecule has 28 heavy (non-hydrogen) atoms. The van der Waals surface area contributed by atoms with Gasteiger partial charge in [-0.1, -0.05) is 0 Å². The van der Waals surface area contributed by atoms with Gasteiger partial charge in [0, 0.05) is 71.6 Å². The molecule has 0 unspecified atom stereocenters. The average Bonchev–Trinajstić information content (AvgIpc) is 2.66. The van der Waals surface area contributed by atoms with E-state index in [0.29, 0.717) is 71.6 Å². The van der Waals surface area contributed by atoms with Crippen LogP contribution in [-0.4, -0.2) is 92.7 Å². The minimum atomic E-state index is -0.303. The molecular formula is C19H36N4O5. The molecule has 0 aliphatic carbocycles. The molecule has 3 N–H and O–H groups in total. The van der Waals surface area contributed by atoms with Crippen molar-refractivity contribution in [2.75, 3.05) is 59.5 Å². The number of Topliss-reactive ketones (excluding diaryl/α,β-unsaturated/α-hetero) is 2. The molecule has 0 rings (SSSR count). The zero-order chi connectivity index (χ0) is 21.4. The van der Waals surface area contributed by atoms with Crippen molar-refractivity contribution in [1.82, 2.24) is 15.1 Å². The largest absolute Gasteiger partial charge is 0.469 e. The lowest BCUT2D eigenvalue weighted by Crippen LogP contribution is -2.40. The van der Waals surface area contributed by atoms with Crippen LogP contribution in [0.5, 0.6) is 0 Å². The van der Waals surface area contributed by atoms with E-state index in [1.54, 1.807) is 13.8 Å². The Hall–Kier alpha value is -1.84. The van der Waals surface area contributed by atoms with Crippen molar-refractivity contribution in [2.24, 2.45) is 5.73 Å². The van der Waals surface area contributed by atoms with Gasteiger partial charge < -0.3 is 25.6 Å². The van der Waals surface area contributed by atoms with Crippen molar-refractivity contribution >= 4 is 23.4 Å². The number of hydrogen-bond donors (Lipinski definition) is 2. The molecule has 0 radical (unpaired) electrons. The summed E-state index contributed by atoms with van der Waals surface area (Å²) in [5, 5.41) is 2.73. The maximum atomic E-state index is 11.8. The Bertz CT molecular complexity index is 481. The molecular weight excluding hydrogens is 364 g/mol. The van der Waals surface area contributed by atoms with E-state index in [1.807, 2.05) is 4.90 Å². The number of amides is 1. The van der Waals surface area contributed by atoms with Crippen LogP contribution in [0.1, 0.15) is 39.5 Å². The van der Waals surface area contributed by atoms with Crippen LogP contribution in [0.2, 0.25) is 0 Å². The number of carbonyl (C=O) groups is 4. The van der Waals surface area contributed by atoms with Gasteiger partial charge in [0.25, 0.3) is 0 Å². The monoisotopic (exact) mass is 400 g/mol. The molecule has 0 saturated carbocycles. The smallest absolute Gasteiger partial charge is 0.306 e. The van der Waals surface area contributed by atoms with Gasteiger partial charge in [0.05, 0.1) is 13.5 Å². The van der Waals surface area contributed by atoms with E-state index in [4.69, 9.17) is 10.5 Å². The van der Waals surface area contributed by atoms with Crippen molar-refractivity contribution in [1.29, 1.82) is 0 Å². The fourth-order valence-electron chi connectivity index (χ4n) is 2.50. The average molecular weight is 401 g/mol. The van der Waals surface area contributed by atoms with Crippen LogP contribution in [-0.2, 0) is 23.9 Å². The number of hydrogen-bond acceptors (Lipinski definition) is 8. The summed E-state index contributed by atoms with van der Waals surface area (Å²) in [5.74, 6) is -0.181. The highest BCUT2D eigenvalue weighted by Crippen LogP contribution is 2.01. The van der Waals surface area contributed by atoms with Crippen LogP contribution >= 0.6 is 0 Å². The number of rotatable bonds is 17. The molecule has 0 aliphatic rings. The lowest BCUT2D eigenvalue weighted by Gasteiger charge is -2.27. The summed E-state index contributed by atoms with van der Waals surface area (Å²) in [5.41, 5.74) is 5.38. The first kappa shape index (κ1) is 26.2. The molecule has 0 bridgehead atoms. The number of ether oxygens (including phenoxy) is 1. The molecule has 162 valence electrons. The maximum Gasteiger partial charge on any atom is 0.306 e. The predicted molar refractivity (Wildman–Crippen MR) is 107 cm³/mol. The Morgan fingerprint density at radius 1 is 0.786 bits per heavy atom. The molecule has 9 nitrogen and oxygen atoms in total. The number of nitrogens with one attached hydrogen (secondary N) is 1. The highest BCUT2D eigenvalue weighted by molar-refractivity contribution is 5.76. The second kappa shape index (κ2) is 16.1. The molecule has 0 atom stereocenters. The first-order chi connectivity index (χ1) is 13.3. The van der Waals surface area contributed by atoms with E-state index in [-0.39, 0.29) is 29.9 Å².